The summed E-state index contributed by atoms with van der Waals surface area (Å²) in [6.45, 7) is 8.34. The van der Waals surface area contributed by atoms with Crippen molar-refractivity contribution in [3.05, 3.63) is 11.6 Å². The van der Waals surface area contributed by atoms with Gasteiger partial charge in [-0.2, -0.15) is 5.48 Å². The number of hydrogen-bond donors (Lipinski definition) is 4. The molecule has 10 nitrogen and oxygen atoms in total. The molecule has 2 amide bonds. The first-order valence-corrected chi connectivity index (χ1v) is 12.3. The number of amides is 2. The van der Waals surface area contributed by atoms with Crippen LogP contribution in [-0.2, 0) is 23.7 Å². The average molecular weight is 486 g/mol. The molecule has 196 valence electrons. The zero-order valence-corrected chi connectivity index (χ0v) is 21.1. The van der Waals surface area contributed by atoms with Crippen LogP contribution in [0, 0.1) is 5.92 Å². The van der Waals surface area contributed by atoms with Crippen molar-refractivity contribution in [3.63, 3.8) is 0 Å². The molecular weight excluding hydrogens is 442 g/mol. The number of hydroxylamine groups is 1. The highest BCUT2D eigenvalue weighted by Gasteiger charge is 2.61. The van der Waals surface area contributed by atoms with Crippen molar-refractivity contribution in [2.45, 2.75) is 83.2 Å². The summed E-state index contributed by atoms with van der Waals surface area (Å²) in [5, 5.41) is 14.0. The fourth-order valence-electron chi connectivity index (χ4n) is 4.60. The largest absolute Gasteiger partial charge is 0.443 e. The number of epoxide rings is 1. The van der Waals surface area contributed by atoms with E-state index in [4.69, 9.17) is 24.2 Å². The third-order valence-corrected chi connectivity index (χ3v) is 6.52. The minimum Gasteiger partial charge on any atom is -0.443 e. The molecule has 1 saturated carbocycles. The number of carbonyl (C=O) groups excluding carboxylic acids is 2. The Morgan fingerprint density at radius 3 is 2.44 bits per heavy atom. The number of allylic oxidation sites excluding steroid dienone is 1. The molecule has 34 heavy (non-hydrogen) atoms. The second-order valence-corrected chi connectivity index (χ2v) is 9.41. The topological polar surface area (TPSA) is 131 Å². The van der Waals surface area contributed by atoms with Crippen molar-refractivity contribution >= 4 is 12.0 Å². The zero-order valence-electron chi connectivity index (χ0n) is 21.1. The minimum atomic E-state index is -0.430. The quantitative estimate of drug-likeness (QED) is 0.120. The maximum absolute atomic E-state index is 12.4. The molecule has 2 fully saturated rings. The lowest BCUT2D eigenvalue weighted by Gasteiger charge is -2.42. The predicted molar refractivity (Wildman–Crippen MR) is 127 cm³/mol. The monoisotopic (exact) mass is 485 g/mol. The van der Waals surface area contributed by atoms with E-state index in [1.807, 2.05) is 32.3 Å². The van der Waals surface area contributed by atoms with Gasteiger partial charge in [0.1, 0.15) is 12.2 Å². The van der Waals surface area contributed by atoms with Gasteiger partial charge in [-0.3, -0.25) is 4.79 Å². The van der Waals surface area contributed by atoms with Gasteiger partial charge in [0.15, 0.2) is 0 Å². The van der Waals surface area contributed by atoms with Crippen LogP contribution in [0.5, 0.6) is 0 Å². The van der Waals surface area contributed by atoms with Gasteiger partial charge >= 0.3 is 6.09 Å². The van der Waals surface area contributed by atoms with E-state index >= 15 is 0 Å². The fraction of sp³-hybridized carbons (Fsp3) is 0.833. The molecule has 1 heterocycles. The van der Waals surface area contributed by atoms with Crippen molar-refractivity contribution in [1.29, 1.82) is 0 Å². The van der Waals surface area contributed by atoms with Crippen LogP contribution in [0.1, 0.15) is 59.3 Å². The Morgan fingerprint density at radius 2 is 1.85 bits per heavy atom. The van der Waals surface area contributed by atoms with Crippen LogP contribution in [0.15, 0.2) is 11.6 Å². The predicted octanol–water partition coefficient (Wildman–Crippen LogP) is 2.30. The number of alkyl carbamates (subject to hydrolysis) is 1. The molecule has 1 aliphatic carbocycles. The average Bonchev–Trinajstić information content (AvgIpc) is 3.56. The summed E-state index contributed by atoms with van der Waals surface area (Å²) in [6.07, 6.45) is 5.93. The molecule has 0 radical (unpaired) electrons. The number of carbonyl (C=O) groups is 2. The van der Waals surface area contributed by atoms with Crippen molar-refractivity contribution in [2.24, 2.45) is 5.92 Å². The van der Waals surface area contributed by atoms with E-state index in [2.05, 4.69) is 10.6 Å². The summed E-state index contributed by atoms with van der Waals surface area (Å²) in [6, 6.07) is 0. The van der Waals surface area contributed by atoms with Crippen LogP contribution in [-0.4, -0.2) is 81.1 Å². The molecule has 2 aliphatic rings. The second kappa shape index (κ2) is 14.6. The van der Waals surface area contributed by atoms with E-state index < -0.39 is 6.09 Å². The molecular formula is C24H43N3O7. The minimum absolute atomic E-state index is 0.0109. The molecule has 0 aromatic carbocycles. The van der Waals surface area contributed by atoms with E-state index in [1.54, 1.807) is 7.11 Å². The van der Waals surface area contributed by atoms with Gasteiger partial charge < -0.3 is 34.8 Å². The molecule has 5 atom stereocenters. The Morgan fingerprint density at radius 1 is 1.18 bits per heavy atom. The number of nitrogens with one attached hydrogen (secondary N) is 3. The van der Waals surface area contributed by atoms with Gasteiger partial charge in [-0.1, -0.05) is 24.5 Å². The standard InChI is InChI=1S/C24H43N3O7/c1-17(2)10-14-32-18(3)21-22(31-4)19(9-11-24(21)16-33-24)34-23(29)26-13-8-6-5-7-12-25-20(28)15-27-30/h10,18-19,21-22,27,30H,5-9,11-16H2,1-4H3,(H,25,28)(H,26,29)/t18-,19?,21?,22?,24-/m0/s1. The number of hydrogen-bond acceptors (Lipinski definition) is 8. The van der Waals surface area contributed by atoms with Crippen molar-refractivity contribution in [1.82, 2.24) is 16.1 Å². The Kier molecular flexibility index (Phi) is 12.3. The lowest BCUT2D eigenvalue weighted by molar-refractivity contribution is -0.137. The van der Waals surface area contributed by atoms with Gasteiger partial charge in [0.05, 0.1) is 31.5 Å². The van der Waals surface area contributed by atoms with Crippen molar-refractivity contribution < 1.29 is 33.7 Å². The number of ether oxygens (including phenoxy) is 4. The van der Waals surface area contributed by atoms with Crippen LogP contribution in [0.4, 0.5) is 4.79 Å². The molecule has 4 N–H and O–H groups in total. The molecule has 0 aromatic heterocycles. The van der Waals surface area contributed by atoms with Gasteiger partial charge in [0.25, 0.3) is 0 Å². The maximum Gasteiger partial charge on any atom is 0.407 e. The Balaban J connectivity index is 1.71. The third kappa shape index (κ3) is 9.14. The Labute approximate surface area is 203 Å². The summed E-state index contributed by atoms with van der Waals surface area (Å²) in [7, 11) is 1.65. The van der Waals surface area contributed by atoms with Crippen molar-refractivity contribution in [3.8, 4) is 0 Å². The molecule has 10 heteroatoms. The second-order valence-electron chi connectivity index (χ2n) is 9.41. The first-order chi connectivity index (χ1) is 16.3. The fourth-order valence-corrected chi connectivity index (χ4v) is 4.60. The summed E-state index contributed by atoms with van der Waals surface area (Å²) < 4.78 is 23.5. The molecule has 2 rings (SSSR count). The van der Waals surface area contributed by atoms with Crippen LogP contribution in [0.25, 0.3) is 0 Å². The summed E-state index contributed by atoms with van der Waals surface area (Å²) in [4.78, 5) is 23.6. The van der Waals surface area contributed by atoms with Crippen LogP contribution in [0.3, 0.4) is 0 Å². The molecule has 1 spiro atoms. The highest BCUT2D eigenvalue weighted by atomic mass is 16.6. The number of unbranched alkanes of at least 4 members (excludes halogenated alkanes) is 3. The smallest absolute Gasteiger partial charge is 0.407 e. The van der Waals surface area contributed by atoms with Gasteiger partial charge in [-0.05, 0) is 46.5 Å². The summed E-state index contributed by atoms with van der Waals surface area (Å²) >= 11 is 0. The van der Waals surface area contributed by atoms with Gasteiger partial charge in [0, 0.05) is 26.1 Å². The lowest BCUT2D eigenvalue weighted by Crippen LogP contribution is -2.54. The Hall–Kier alpha value is -1.72. The van der Waals surface area contributed by atoms with Crippen LogP contribution >= 0.6 is 0 Å². The van der Waals surface area contributed by atoms with Crippen LogP contribution < -0.4 is 16.1 Å². The van der Waals surface area contributed by atoms with Crippen LogP contribution in [0.2, 0.25) is 0 Å². The molecule has 0 bridgehead atoms. The van der Waals surface area contributed by atoms with E-state index in [-0.39, 0.29) is 42.3 Å². The van der Waals surface area contributed by atoms with Gasteiger partial charge in [-0.15, -0.1) is 0 Å². The van der Waals surface area contributed by atoms with E-state index in [9.17, 15) is 9.59 Å². The highest BCUT2D eigenvalue weighted by molar-refractivity contribution is 5.77. The van der Waals surface area contributed by atoms with Gasteiger partial charge in [0.2, 0.25) is 5.91 Å². The first-order valence-electron chi connectivity index (χ1n) is 12.3. The molecule has 1 aliphatic heterocycles. The van der Waals surface area contributed by atoms with E-state index in [0.29, 0.717) is 32.7 Å². The molecule has 1 saturated heterocycles. The first kappa shape index (κ1) is 28.5. The molecule has 0 aromatic rings. The van der Waals surface area contributed by atoms with Gasteiger partial charge in [-0.25, -0.2) is 4.79 Å². The summed E-state index contributed by atoms with van der Waals surface area (Å²) in [5.74, 6) is -0.248. The molecule has 3 unspecified atom stereocenters. The highest BCUT2D eigenvalue weighted by Crippen LogP contribution is 2.49. The van der Waals surface area contributed by atoms with E-state index in [1.165, 1.54) is 5.57 Å². The zero-order chi connectivity index (χ0) is 25.0. The van der Waals surface area contributed by atoms with E-state index in [0.717, 1.165) is 32.1 Å². The van der Waals surface area contributed by atoms with Crippen molar-refractivity contribution in [2.75, 3.05) is 40.0 Å². The maximum atomic E-state index is 12.4. The third-order valence-electron chi connectivity index (χ3n) is 6.52. The lowest BCUT2D eigenvalue weighted by atomic mass is 9.73. The summed E-state index contributed by atoms with van der Waals surface area (Å²) in [5.41, 5.74) is 2.79. The number of methoxy groups -OCH3 is 1. The number of rotatable bonds is 15. The Bertz CT molecular complexity index is 665. The SMILES string of the molecule is COC1C(OC(=O)NCCCCCCNC(=O)CNO)CC[C@]2(CO2)C1[C@H](C)OCC=C(C)C. The normalized spacial score (nSPS) is 26.6.